The fraction of sp³-hybridized carbons (Fsp3) is 0.467. The molecule has 1 aromatic carbocycles. The van der Waals surface area contributed by atoms with E-state index in [4.69, 9.17) is 4.52 Å². The van der Waals surface area contributed by atoms with Crippen LogP contribution in [0.5, 0.6) is 11.5 Å². The average Bonchev–Trinajstić information content (AvgIpc) is 3.13. The molecule has 2 aliphatic rings. The molecule has 1 aromatic heterocycles. The first-order valence-corrected chi connectivity index (χ1v) is 7.06. The monoisotopic (exact) mass is 272 g/mol. The van der Waals surface area contributed by atoms with Crippen LogP contribution in [0.3, 0.4) is 0 Å². The van der Waals surface area contributed by atoms with E-state index in [0.717, 1.165) is 18.2 Å². The zero-order valence-corrected chi connectivity index (χ0v) is 11.0. The standard InChI is InChI=1S/C15H16N2O3/c18-11-5-10(6-12(19)7-11)15-16-14(17-20-15)13-4-8-1-2-9(13)3-8/h5-9,13,18-19H,1-4H2. The molecule has 3 atom stereocenters. The van der Waals surface area contributed by atoms with E-state index in [0.29, 0.717) is 23.3 Å². The molecule has 2 bridgehead atoms. The van der Waals surface area contributed by atoms with Crippen molar-refractivity contribution in [3.05, 3.63) is 24.0 Å². The number of phenolic OH excluding ortho intramolecular Hbond substituents is 2. The molecule has 4 rings (SSSR count). The number of aromatic hydroxyl groups is 2. The largest absolute Gasteiger partial charge is 0.508 e. The molecular weight excluding hydrogens is 256 g/mol. The Morgan fingerprint density at radius 3 is 2.50 bits per heavy atom. The molecule has 5 nitrogen and oxygen atoms in total. The summed E-state index contributed by atoms with van der Waals surface area (Å²) in [6.07, 6.45) is 5.06. The predicted molar refractivity (Wildman–Crippen MR) is 71.3 cm³/mol. The SMILES string of the molecule is Oc1cc(O)cc(-c2nc(C3CC4CCC3C4)no2)c1. The van der Waals surface area contributed by atoms with E-state index in [-0.39, 0.29) is 11.5 Å². The Kier molecular flexibility index (Phi) is 2.49. The normalized spacial score (nSPS) is 28.1. The molecule has 104 valence electrons. The van der Waals surface area contributed by atoms with Crippen LogP contribution in [0.15, 0.2) is 22.7 Å². The molecule has 2 aliphatic carbocycles. The number of nitrogens with zero attached hydrogens (tertiary/aromatic N) is 2. The summed E-state index contributed by atoms with van der Waals surface area (Å²) in [6.45, 7) is 0. The highest BCUT2D eigenvalue weighted by Gasteiger charge is 2.42. The van der Waals surface area contributed by atoms with Gasteiger partial charge in [-0.25, -0.2) is 0 Å². The lowest BCUT2D eigenvalue weighted by molar-refractivity contribution is 0.372. The number of phenols is 2. The lowest BCUT2D eigenvalue weighted by Crippen LogP contribution is -2.09. The summed E-state index contributed by atoms with van der Waals surface area (Å²) in [6, 6.07) is 4.30. The van der Waals surface area contributed by atoms with Gasteiger partial charge in [-0.1, -0.05) is 11.6 Å². The van der Waals surface area contributed by atoms with Gasteiger partial charge in [-0.05, 0) is 43.2 Å². The zero-order valence-electron chi connectivity index (χ0n) is 11.0. The Morgan fingerprint density at radius 1 is 1.05 bits per heavy atom. The maximum Gasteiger partial charge on any atom is 0.258 e. The Bertz CT molecular complexity index is 632. The van der Waals surface area contributed by atoms with E-state index in [1.165, 1.54) is 37.5 Å². The topological polar surface area (TPSA) is 79.4 Å². The minimum atomic E-state index is -0.0142. The van der Waals surface area contributed by atoms with Crippen LogP contribution in [0.1, 0.15) is 37.4 Å². The van der Waals surface area contributed by atoms with Gasteiger partial charge >= 0.3 is 0 Å². The van der Waals surface area contributed by atoms with E-state index in [9.17, 15) is 10.2 Å². The van der Waals surface area contributed by atoms with E-state index in [1.54, 1.807) is 0 Å². The average molecular weight is 272 g/mol. The van der Waals surface area contributed by atoms with E-state index >= 15 is 0 Å². The van der Waals surface area contributed by atoms with Gasteiger partial charge in [0.2, 0.25) is 0 Å². The Morgan fingerprint density at radius 2 is 1.85 bits per heavy atom. The second-order valence-electron chi connectivity index (χ2n) is 5.98. The molecule has 2 fully saturated rings. The van der Waals surface area contributed by atoms with Gasteiger partial charge in [0, 0.05) is 17.5 Å². The van der Waals surface area contributed by atoms with Gasteiger partial charge in [0.05, 0.1) is 0 Å². The van der Waals surface area contributed by atoms with E-state index < -0.39 is 0 Å². The first-order valence-electron chi connectivity index (χ1n) is 7.06. The van der Waals surface area contributed by atoms with Crippen molar-refractivity contribution in [3.8, 4) is 23.0 Å². The van der Waals surface area contributed by atoms with Crippen molar-refractivity contribution in [2.24, 2.45) is 11.8 Å². The highest BCUT2D eigenvalue weighted by molar-refractivity contribution is 5.58. The zero-order chi connectivity index (χ0) is 13.7. The highest BCUT2D eigenvalue weighted by Crippen LogP contribution is 2.52. The first-order chi connectivity index (χ1) is 9.69. The van der Waals surface area contributed by atoms with Crippen molar-refractivity contribution in [1.29, 1.82) is 0 Å². The summed E-state index contributed by atoms with van der Waals surface area (Å²) >= 11 is 0. The molecule has 2 saturated carbocycles. The summed E-state index contributed by atoms with van der Waals surface area (Å²) in [5, 5.41) is 23.1. The minimum absolute atomic E-state index is 0.0142. The van der Waals surface area contributed by atoms with Crippen LogP contribution in [0, 0.1) is 11.8 Å². The lowest BCUT2D eigenvalue weighted by atomic mass is 9.88. The molecule has 0 saturated heterocycles. The highest BCUT2D eigenvalue weighted by atomic mass is 16.5. The van der Waals surface area contributed by atoms with Gasteiger partial charge in [0.1, 0.15) is 11.5 Å². The van der Waals surface area contributed by atoms with E-state index in [2.05, 4.69) is 10.1 Å². The fourth-order valence-corrected chi connectivity index (χ4v) is 3.78. The van der Waals surface area contributed by atoms with Gasteiger partial charge in [-0.2, -0.15) is 4.98 Å². The summed E-state index contributed by atoms with van der Waals surface area (Å²) in [7, 11) is 0. The Labute approximate surface area is 116 Å². The fourth-order valence-electron chi connectivity index (χ4n) is 3.78. The maximum atomic E-state index is 9.51. The molecule has 0 aliphatic heterocycles. The van der Waals surface area contributed by atoms with Crippen molar-refractivity contribution >= 4 is 0 Å². The molecule has 3 unspecified atom stereocenters. The molecule has 20 heavy (non-hydrogen) atoms. The molecular formula is C15H16N2O3. The van der Waals surface area contributed by atoms with Crippen molar-refractivity contribution in [1.82, 2.24) is 10.1 Å². The maximum absolute atomic E-state index is 9.51. The van der Waals surface area contributed by atoms with Crippen molar-refractivity contribution in [2.75, 3.05) is 0 Å². The van der Waals surface area contributed by atoms with Crippen LogP contribution < -0.4 is 0 Å². The van der Waals surface area contributed by atoms with Crippen LogP contribution in [0.4, 0.5) is 0 Å². The second-order valence-corrected chi connectivity index (χ2v) is 5.98. The van der Waals surface area contributed by atoms with Crippen LogP contribution in [0.25, 0.3) is 11.5 Å². The third-order valence-electron chi connectivity index (χ3n) is 4.66. The summed E-state index contributed by atoms with van der Waals surface area (Å²) < 4.78 is 5.30. The third-order valence-corrected chi connectivity index (χ3v) is 4.66. The summed E-state index contributed by atoms with van der Waals surface area (Å²) in [4.78, 5) is 4.46. The Balaban J connectivity index is 1.65. The summed E-state index contributed by atoms with van der Waals surface area (Å²) in [5.41, 5.74) is 0.546. The molecule has 0 spiro atoms. The van der Waals surface area contributed by atoms with Gasteiger partial charge < -0.3 is 14.7 Å². The van der Waals surface area contributed by atoms with Crippen LogP contribution >= 0.6 is 0 Å². The first kappa shape index (κ1) is 11.8. The van der Waals surface area contributed by atoms with Gasteiger partial charge in [-0.15, -0.1) is 0 Å². The number of rotatable bonds is 2. The Hall–Kier alpha value is -2.04. The van der Waals surface area contributed by atoms with Crippen molar-refractivity contribution < 1.29 is 14.7 Å². The van der Waals surface area contributed by atoms with Crippen LogP contribution in [0.2, 0.25) is 0 Å². The quantitative estimate of drug-likeness (QED) is 0.878. The second kappa shape index (κ2) is 4.23. The number of hydrogen-bond acceptors (Lipinski definition) is 5. The molecule has 5 heteroatoms. The van der Waals surface area contributed by atoms with Gasteiger partial charge in [0.15, 0.2) is 5.82 Å². The number of benzene rings is 1. The van der Waals surface area contributed by atoms with Crippen LogP contribution in [-0.2, 0) is 0 Å². The van der Waals surface area contributed by atoms with Gasteiger partial charge in [-0.3, -0.25) is 0 Å². The number of fused-ring (bicyclic) bond motifs is 2. The molecule has 0 radical (unpaired) electrons. The van der Waals surface area contributed by atoms with Crippen molar-refractivity contribution in [2.45, 2.75) is 31.6 Å². The molecule has 0 amide bonds. The predicted octanol–water partition coefficient (Wildman–Crippen LogP) is 3.05. The molecule has 2 N–H and O–H groups in total. The summed E-state index contributed by atoms with van der Waals surface area (Å²) in [5.74, 6) is 3.04. The minimum Gasteiger partial charge on any atom is -0.508 e. The van der Waals surface area contributed by atoms with E-state index in [1.807, 2.05) is 0 Å². The van der Waals surface area contributed by atoms with Crippen LogP contribution in [-0.4, -0.2) is 20.4 Å². The number of aromatic nitrogens is 2. The third kappa shape index (κ3) is 1.85. The molecule has 2 aromatic rings. The smallest absolute Gasteiger partial charge is 0.258 e. The lowest BCUT2D eigenvalue weighted by Gasteiger charge is -2.17. The van der Waals surface area contributed by atoms with Crippen molar-refractivity contribution in [3.63, 3.8) is 0 Å². The number of hydrogen-bond donors (Lipinski definition) is 2. The van der Waals surface area contributed by atoms with Gasteiger partial charge in [0.25, 0.3) is 5.89 Å². The molecule has 1 heterocycles.